The monoisotopic (exact) mass is 396 g/mol. The van der Waals surface area contributed by atoms with E-state index in [1.165, 1.54) is 25.1 Å². The fourth-order valence-corrected chi connectivity index (χ4v) is 3.59. The highest BCUT2D eigenvalue weighted by atomic mass is 32.2. The average Bonchev–Trinajstić information content (AvgIpc) is 3.48. The van der Waals surface area contributed by atoms with E-state index in [4.69, 9.17) is 13.6 Å². The van der Waals surface area contributed by atoms with Crippen molar-refractivity contribution in [3.05, 3.63) is 72.3 Å². The van der Waals surface area contributed by atoms with E-state index in [2.05, 4.69) is 15.2 Å². The van der Waals surface area contributed by atoms with Gasteiger partial charge >= 0.3 is 5.97 Å². The molecule has 0 aromatic carbocycles. The van der Waals surface area contributed by atoms with Gasteiger partial charge in [0, 0.05) is 29.3 Å². The molecule has 0 unspecified atom stereocenters. The highest BCUT2D eigenvalue weighted by Gasteiger charge is 2.19. The first-order valence-corrected chi connectivity index (χ1v) is 9.38. The maximum Gasteiger partial charge on any atom is 0.374 e. The van der Waals surface area contributed by atoms with Gasteiger partial charge in [-0.3, -0.25) is 9.55 Å². The summed E-state index contributed by atoms with van der Waals surface area (Å²) in [6.45, 7) is 0.474. The molecule has 4 rings (SSSR count). The second-order valence-electron chi connectivity index (χ2n) is 5.77. The molecule has 9 heteroatoms. The van der Waals surface area contributed by atoms with Gasteiger partial charge in [-0.15, -0.1) is 10.2 Å². The van der Waals surface area contributed by atoms with Gasteiger partial charge in [0.2, 0.25) is 5.76 Å². The SMILES string of the molecule is COC(=O)c1occc1CSc1nnc(-c2cccnc2)n1Cc1ccco1. The number of methoxy groups -OCH3 is 1. The Morgan fingerprint density at radius 2 is 2.11 bits per heavy atom. The van der Waals surface area contributed by atoms with Gasteiger partial charge in [-0.25, -0.2) is 4.79 Å². The number of rotatable bonds is 7. The molecule has 0 fully saturated rings. The van der Waals surface area contributed by atoms with Crippen molar-refractivity contribution in [2.45, 2.75) is 17.5 Å². The maximum absolute atomic E-state index is 11.8. The minimum atomic E-state index is -0.506. The van der Waals surface area contributed by atoms with Crippen LogP contribution in [0, 0.1) is 0 Å². The van der Waals surface area contributed by atoms with Crippen LogP contribution in [0.2, 0.25) is 0 Å². The Balaban J connectivity index is 1.63. The zero-order valence-corrected chi connectivity index (χ0v) is 15.8. The van der Waals surface area contributed by atoms with Crippen LogP contribution in [0.4, 0.5) is 0 Å². The number of carbonyl (C=O) groups is 1. The topological polar surface area (TPSA) is 96.2 Å². The van der Waals surface area contributed by atoms with Gasteiger partial charge in [0.25, 0.3) is 0 Å². The first kappa shape index (κ1) is 18.1. The first-order valence-electron chi connectivity index (χ1n) is 8.39. The average molecular weight is 396 g/mol. The number of pyridine rings is 1. The molecule has 0 aliphatic carbocycles. The molecule has 0 radical (unpaired) electrons. The quantitative estimate of drug-likeness (QED) is 0.345. The van der Waals surface area contributed by atoms with Crippen LogP contribution in [-0.4, -0.2) is 32.8 Å². The molecule has 0 amide bonds. The summed E-state index contributed by atoms with van der Waals surface area (Å²) in [6, 6.07) is 9.25. The van der Waals surface area contributed by atoms with E-state index in [9.17, 15) is 4.79 Å². The molecule has 0 aliphatic rings. The third-order valence-electron chi connectivity index (χ3n) is 4.00. The van der Waals surface area contributed by atoms with Crippen LogP contribution >= 0.6 is 11.8 Å². The number of esters is 1. The van der Waals surface area contributed by atoms with Gasteiger partial charge in [-0.1, -0.05) is 11.8 Å². The largest absolute Gasteiger partial charge is 0.467 e. The summed E-state index contributed by atoms with van der Waals surface area (Å²) in [4.78, 5) is 16.0. The van der Waals surface area contributed by atoms with Crippen LogP contribution in [0.25, 0.3) is 11.4 Å². The Morgan fingerprint density at radius 1 is 1.18 bits per heavy atom. The van der Waals surface area contributed by atoms with E-state index < -0.39 is 5.97 Å². The zero-order valence-electron chi connectivity index (χ0n) is 14.9. The normalized spacial score (nSPS) is 10.9. The van der Waals surface area contributed by atoms with Gasteiger partial charge in [0.15, 0.2) is 11.0 Å². The highest BCUT2D eigenvalue weighted by Crippen LogP contribution is 2.28. The van der Waals surface area contributed by atoms with Crippen molar-refractivity contribution < 1.29 is 18.4 Å². The smallest absolute Gasteiger partial charge is 0.374 e. The molecule has 0 atom stereocenters. The van der Waals surface area contributed by atoms with E-state index in [1.54, 1.807) is 24.7 Å². The molecule has 4 aromatic rings. The Morgan fingerprint density at radius 3 is 2.86 bits per heavy atom. The number of nitrogens with zero attached hydrogens (tertiary/aromatic N) is 4. The van der Waals surface area contributed by atoms with Crippen LogP contribution in [0.15, 0.2) is 69.2 Å². The Labute approximate surface area is 164 Å². The molecular weight excluding hydrogens is 380 g/mol. The molecule has 0 bridgehead atoms. The van der Waals surface area contributed by atoms with Gasteiger partial charge in [0.05, 0.1) is 26.2 Å². The Kier molecular flexibility index (Phi) is 5.24. The molecule has 142 valence electrons. The van der Waals surface area contributed by atoms with Crippen LogP contribution in [0.3, 0.4) is 0 Å². The first-order chi connectivity index (χ1) is 13.8. The Bertz CT molecular complexity index is 1060. The Hall–Kier alpha value is -3.33. The van der Waals surface area contributed by atoms with Gasteiger partial charge in [0.1, 0.15) is 5.76 Å². The molecule has 8 nitrogen and oxygen atoms in total. The number of ether oxygens (including phenoxy) is 1. The van der Waals surface area contributed by atoms with Gasteiger partial charge in [-0.2, -0.15) is 0 Å². The zero-order chi connectivity index (χ0) is 19.3. The van der Waals surface area contributed by atoms with Crippen molar-refractivity contribution in [2.75, 3.05) is 7.11 Å². The van der Waals surface area contributed by atoms with Crippen LogP contribution in [-0.2, 0) is 17.0 Å². The number of aromatic nitrogens is 4. The summed E-state index contributed by atoms with van der Waals surface area (Å²) in [5, 5.41) is 9.35. The second-order valence-corrected chi connectivity index (χ2v) is 6.71. The minimum Gasteiger partial charge on any atom is -0.467 e. The van der Waals surface area contributed by atoms with Crippen LogP contribution < -0.4 is 0 Å². The number of hydrogen-bond donors (Lipinski definition) is 0. The molecular formula is C19H16N4O4S. The summed E-state index contributed by atoms with van der Waals surface area (Å²) in [5.74, 6) is 1.63. The van der Waals surface area contributed by atoms with Crippen molar-refractivity contribution in [3.8, 4) is 11.4 Å². The lowest BCUT2D eigenvalue weighted by Gasteiger charge is -2.08. The molecule has 28 heavy (non-hydrogen) atoms. The summed E-state index contributed by atoms with van der Waals surface area (Å²) in [5.41, 5.74) is 1.58. The molecule has 0 saturated carbocycles. The fourth-order valence-electron chi connectivity index (χ4n) is 2.67. The van der Waals surface area contributed by atoms with Crippen molar-refractivity contribution in [3.63, 3.8) is 0 Å². The molecule has 0 spiro atoms. The standard InChI is InChI=1S/C19H16N4O4S/c1-25-18(24)16-14(6-9-27-16)12-28-19-22-21-17(13-4-2-7-20-10-13)23(19)11-15-5-3-8-26-15/h2-10H,11-12H2,1H3. The molecule has 4 heterocycles. The third-order valence-corrected chi connectivity index (χ3v) is 5.02. The minimum absolute atomic E-state index is 0.194. The molecule has 0 N–H and O–H groups in total. The van der Waals surface area contributed by atoms with Crippen LogP contribution in [0.5, 0.6) is 0 Å². The van der Waals surface area contributed by atoms with E-state index in [1.807, 2.05) is 28.8 Å². The van der Waals surface area contributed by atoms with E-state index in [-0.39, 0.29) is 5.76 Å². The summed E-state index contributed by atoms with van der Waals surface area (Å²) < 4.78 is 17.4. The molecule has 0 saturated heterocycles. The lowest BCUT2D eigenvalue weighted by molar-refractivity contribution is 0.0564. The van der Waals surface area contributed by atoms with Gasteiger partial charge < -0.3 is 13.6 Å². The van der Waals surface area contributed by atoms with E-state index in [0.717, 1.165) is 16.9 Å². The number of thioether (sulfide) groups is 1. The van der Waals surface area contributed by atoms with Crippen molar-refractivity contribution in [2.24, 2.45) is 0 Å². The fraction of sp³-hybridized carbons (Fsp3) is 0.158. The maximum atomic E-state index is 11.8. The molecule has 4 aromatic heterocycles. The number of furan rings is 2. The lowest BCUT2D eigenvalue weighted by Crippen LogP contribution is -2.05. The van der Waals surface area contributed by atoms with Crippen molar-refractivity contribution in [1.29, 1.82) is 0 Å². The molecule has 0 aliphatic heterocycles. The number of hydrogen-bond acceptors (Lipinski definition) is 8. The third kappa shape index (κ3) is 3.70. The summed E-state index contributed by atoms with van der Waals surface area (Å²) in [6.07, 6.45) is 6.54. The lowest BCUT2D eigenvalue weighted by atomic mass is 10.2. The second kappa shape index (κ2) is 8.13. The highest BCUT2D eigenvalue weighted by molar-refractivity contribution is 7.98. The summed E-state index contributed by atoms with van der Waals surface area (Å²) >= 11 is 1.44. The summed E-state index contributed by atoms with van der Waals surface area (Å²) in [7, 11) is 1.32. The van der Waals surface area contributed by atoms with Crippen LogP contribution in [0.1, 0.15) is 21.9 Å². The van der Waals surface area contributed by atoms with Crippen molar-refractivity contribution >= 4 is 17.7 Å². The van der Waals surface area contributed by atoms with E-state index >= 15 is 0 Å². The predicted molar refractivity (Wildman–Crippen MR) is 101 cm³/mol. The van der Waals surface area contributed by atoms with E-state index in [0.29, 0.717) is 23.3 Å². The predicted octanol–water partition coefficient (Wildman–Crippen LogP) is 3.65. The van der Waals surface area contributed by atoms with Gasteiger partial charge in [-0.05, 0) is 30.3 Å². The number of carbonyl (C=O) groups excluding carboxylic acids is 1. The van der Waals surface area contributed by atoms with Crippen molar-refractivity contribution in [1.82, 2.24) is 19.7 Å².